The highest BCUT2D eigenvalue weighted by atomic mass is 16.5. The molecule has 7 nitrogen and oxygen atoms in total. The van der Waals surface area contributed by atoms with Crippen LogP contribution in [-0.4, -0.2) is 51.1 Å². The van der Waals surface area contributed by atoms with Crippen molar-refractivity contribution in [2.45, 2.75) is 33.1 Å². The topological polar surface area (TPSA) is 76.8 Å². The zero-order valence-electron chi connectivity index (χ0n) is 17.4. The lowest BCUT2D eigenvalue weighted by molar-refractivity contribution is -0.149. The molecule has 0 spiro atoms. The number of esters is 1. The molecule has 0 radical (unpaired) electrons. The zero-order chi connectivity index (χ0) is 21.1. The summed E-state index contributed by atoms with van der Waals surface area (Å²) in [7, 11) is 0. The Labute approximate surface area is 175 Å². The summed E-state index contributed by atoms with van der Waals surface area (Å²) < 4.78 is 6.90. The van der Waals surface area contributed by atoms with E-state index in [1.54, 1.807) is 15.6 Å². The minimum Gasteiger partial charge on any atom is -0.466 e. The van der Waals surface area contributed by atoms with Crippen LogP contribution in [0.15, 0.2) is 42.6 Å². The van der Waals surface area contributed by atoms with Gasteiger partial charge in [0, 0.05) is 30.9 Å². The van der Waals surface area contributed by atoms with Crippen molar-refractivity contribution in [2.75, 3.05) is 19.7 Å². The third-order valence-electron chi connectivity index (χ3n) is 5.62. The second kappa shape index (κ2) is 8.65. The maximum absolute atomic E-state index is 13.2. The number of aromatic nitrogens is 3. The van der Waals surface area contributed by atoms with Crippen molar-refractivity contribution in [2.24, 2.45) is 5.92 Å². The molecule has 0 unspecified atom stereocenters. The summed E-state index contributed by atoms with van der Waals surface area (Å²) in [6.07, 6.45) is 3.57. The number of likely N-dealkylation sites (tertiary alicyclic amines) is 1. The quantitative estimate of drug-likeness (QED) is 0.607. The van der Waals surface area contributed by atoms with E-state index in [9.17, 15) is 9.59 Å². The first-order chi connectivity index (χ1) is 14.6. The largest absolute Gasteiger partial charge is 0.466 e. The van der Waals surface area contributed by atoms with Crippen molar-refractivity contribution < 1.29 is 14.3 Å². The lowest BCUT2D eigenvalue weighted by atomic mass is 9.96. The molecule has 0 N–H and O–H groups in total. The number of nitrogens with zero attached hydrogens (tertiary/aromatic N) is 4. The first-order valence-corrected chi connectivity index (χ1v) is 10.5. The summed E-state index contributed by atoms with van der Waals surface area (Å²) in [6, 6.07) is 11.9. The van der Waals surface area contributed by atoms with E-state index < -0.39 is 0 Å². The maximum Gasteiger partial charge on any atom is 0.309 e. The Morgan fingerprint density at radius 2 is 1.87 bits per heavy atom. The van der Waals surface area contributed by atoms with Gasteiger partial charge in [-0.25, -0.2) is 9.50 Å². The fourth-order valence-corrected chi connectivity index (χ4v) is 4.00. The molecule has 1 amide bonds. The van der Waals surface area contributed by atoms with E-state index in [-0.39, 0.29) is 17.8 Å². The molecule has 2 aromatic heterocycles. The van der Waals surface area contributed by atoms with Gasteiger partial charge in [0.15, 0.2) is 5.65 Å². The lowest BCUT2D eigenvalue weighted by Gasteiger charge is -2.31. The van der Waals surface area contributed by atoms with E-state index in [1.807, 2.05) is 50.2 Å². The van der Waals surface area contributed by atoms with Crippen LogP contribution in [0.5, 0.6) is 0 Å². The summed E-state index contributed by atoms with van der Waals surface area (Å²) in [5.41, 5.74) is 3.99. The van der Waals surface area contributed by atoms with Crippen LogP contribution in [0, 0.1) is 5.92 Å². The molecule has 1 aliphatic rings. The summed E-state index contributed by atoms with van der Waals surface area (Å²) in [4.78, 5) is 31.5. The number of rotatable bonds is 5. The monoisotopic (exact) mass is 406 g/mol. The van der Waals surface area contributed by atoms with Gasteiger partial charge >= 0.3 is 5.97 Å². The molecule has 4 rings (SSSR count). The molecule has 0 atom stereocenters. The predicted molar refractivity (Wildman–Crippen MR) is 113 cm³/mol. The Balaban J connectivity index is 1.58. The molecule has 1 aromatic carbocycles. The Kier molecular flexibility index (Phi) is 5.79. The molecule has 156 valence electrons. The minimum atomic E-state index is -0.160. The van der Waals surface area contributed by atoms with Crippen LogP contribution in [0.3, 0.4) is 0 Å². The molecule has 1 saturated heterocycles. The number of ether oxygens (including phenoxy) is 1. The van der Waals surface area contributed by atoms with Crippen LogP contribution < -0.4 is 0 Å². The molecule has 3 aromatic rings. The van der Waals surface area contributed by atoms with Crippen molar-refractivity contribution >= 4 is 17.5 Å². The summed E-state index contributed by atoms with van der Waals surface area (Å²) in [5, 5.41) is 4.72. The molecule has 0 bridgehead atoms. The number of aryl methyl sites for hydroxylation is 1. The van der Waals surface area contributed by atoms with Gasteiger partial charge in [0.05, 0.1) is 29.5 Å². The second-order valence-corrected chi connectivity index (χ2v) is 7.46. The first-order valence-electron chi connectivity index (χ1n) is 10.5. The van der Waals surface area contributed by atoms with E-state index in [0.29, 0.717) is 44.5 Å². The molecule has 1 aliphatic heterocycles. The molecular weight excluding hydrogens is 380 g/mol. The normalized spacial score (nSPS) is 14.8. The number of piperidine rings is 1. The van der Waals surface area contributed by atoms with Gasteiger partial charge in [-0.3, -0.25) is 9.59 Å². The highest BCUT2D eigenvalue weighted by Gasteiger charge is 2.30. The fourth-order valence-electron chi connectivity index (χ4n) is 4.00. The third-order valence-corrected chi connectivity index (χ3v) is 5.62. The number of benzene rings is 1. The smallest absolute Gasteiger partial charge is 0.309 e. The Morgan fingerprint density at radius 1 is 1.13 bits per heavy atom. The van der Waals surface area contributed by atoms with Crippen molar-refractivity contribution in [3.05, 3.63) is 53.9 Å². The van der Waals surface area contributed by atoms with Gasteiger partial charge in [-0.2, -0.15) is 5.10 Å². The van der Waals surface area contributed by atoms with Gasteiger partial charge in [0.1, 0.15) is 0 Å². The van der Waals surface area contributed by atoms with E-state index in [0.717, 1.165) is 22.6 Å². The van der Waals surface area contributed by atoms with E-state index in [4.69, 9.17) is 9.84 Å². The average molecular weight is 406 g/mol. The van der Waals surface area contributed by atoms with Crippen molar-refractivity contribution in [1.82, 2.24) is 19.5 Å². The number of fused-ring (bicyclic) bond motifs is 1. The average Bonchev–Trinajstić information content (AvgIpc) is 3.23. The highest BCUT2D eigenvalue weighted by Crippen LogP contribution is 2.24. The predicted octanol–water partition coefficient (Wildman–Crippen LogP) is 3.37. The van der Waals surface area contributed by atoms with Gasteiger partial charge in [-0.1, -0.05) is 37.3 Å². The van der Waals surface area contributed by atoms with Crippen LogP contribution >= 0.6 is 0 Å². The molecule has 0 aliphatic carbocycles. The molecular formula is C23H26N4O3. The number of carbonyl (C=O) groups is 2. The number of amides is 1. The van der Waals surface area contributed by atoms with Gasteiger partial charge in [0.25, 0.3) is 5.91 Å². The summed E-state index contributed by atoms with van der Waals surface area (Å²) in [6.45, 7) is 5.29. The lowest BCUT2D eigenvalue weighted by Crippen LogP contribution is -2.41. The molecule has 0 saturated carbocycles. The Hall–Kier alpha value is -3.22. The van der Waals surface area contributed by atoms with E-state index in [1.165, 1.54) is 0 Å². The second-order valence-electron chi connectivity index (χ2n) is 7.46. The Morgan fingerprint density at radius 3 is 2.53 bits per heavy atom. The van der Waals surface area contributed by atoms with Gasteiger partial charge < -0.3 is 9.64 Å². The van der Waals surface area contributed by atoms with Crippen molar-refractivity contribution in [1.29, 1.82) is 0 Å². The molecule has 3 heterocycles. The van der Waals surface area contributed by atoms with E-state index in [2.05, 4.69) is 4.98 Å². The van der Waals surface area contributed by atoms with Gasteiger partial charge in [-0.05, 0) is 26.2 Å². The van der Waals surface area contributed by atoms with Crippen LogP contribution in [0.2, 0.25) is 0 Å². The van der Waals surface area contributed by atoms with Gasteiger partial charge in [0.2, 0.25) is 0 Å². The highest BCUT2D eigenvalue weighted by molar-refractivity contribution is 5.95. The SMILES string of the molecule is CCOC(=O)C1CCN(C(=O)c2cnc3cc(-c4ccccc4)nn3c2CC)CC1. The van der Waals surface area contributed by atoms with Crippen LogP contribution in [0.1, 0.15) is 42.7 Å². The van der Waals surface area contributed by atoms with Crippen LogP contribution in [-0.2, 0) is 16.0 Å². The third kappa shape index (κ3) is 3.79. The zero-order valence-corrected chi connectivity index (χ0v) is 17.4. The first kappa shape index (κ1) is 20.1. The molecule has 30 heavy (non-hydrogen) atoms. The van der Waals surface area contributed by atoms with Crippen molar-refractivity contribution in [3.8, 4) is 11.3 Å². The summed E-state index contributed by atoms with van der Waals surface area (Å²) >= 11 is 0. The van der Waals surface area contributed by atoms with Crippen molar-refractivity contribution in [3.63, 3.8) is 0 Å². The standard InChI is InChI=1S/C23H26N4O3/c1-3-20-18(22(28)26-12-10-17(11-13-26)23(29)30-4-2)15-24-21-14-19(25-27(20)21)16-8-6-5-7-9-16/h5-9,14-15,17H,3-4,10-13H2,1-2H3. The minimum absolute atomic E-state index is 0.0553. The summed E-state index contributed by atoms with van der Waals surface area (Å²) in [5.74, 6) is -0.341. The number of carbonyl (C=O) groups excluding carboxylic acids is 2. The molecule has 7 heteroatoms. The van der Waals surface area contributed by atoms with Crippen LogP contribution in [0.4, 0.5) is 0 Å². The molecule has 1 fully saturated rings. The number of hydrogen-bond acceptors (Lipinski definition) is 5. The fraction of sp³-hybridized carbons (Fsp3) is 0.391. The van der Waals surface area contributed by atoms with Crippen LogP contribution in [0.25, 0.3) is 16.9 Å². The van der Waals surface area contributed by atoms with Gasteiger partial charge in [-0.15, -0.1) is 0 Å². The van der Waals surface area contributed by atoms with E-state index >= 15 is 0 Å². The Bertz CT molecular complexity index is 1050. The maximum atomic E-state index is 13.2. The number of hydrogen-bond donors (Lipinski definition) is 0.